The van der Waals surface area contributed by atoms with Crippen molar-refractivity contribution in [3.8, 4) is 5.75 Å². The Hall–Kier alpha value is -2.36. The Morgan fingerprint density at radius 1 is 1.25 bits per heavy atom. The van der Waals surface area contributed by atoms with E-state index in [1.165, 1.54) is 0 Å². The average molecular weight is 270 g/mol. The highest BCUT2D eigenvalue weighted by molar-refractivity contribution is 5.70. The minimum Gasteiger partial charge on any atom is -0.410 e. The van der Waals surface area contributed by atoms with Gasteiger partial charge in [-0.2, -0.15) is 0 Å². The van der Waals surface area contributed by atoms with Crippen molar-refractivity contribution in [3.63, 3.8) is 0 Å². The van der Waals surface area contributed by atoms with Crippen molar-refractivity contribution in [2.75, 3.05) is 0 Å². The van der Waals surface area contributed by atoms with E-state index in [-0.39, 0.29) is 6.04 Å². The summed E-state index contributed by atoms with van der Waals surface area (Å²) in [5, 5.41) is 2.88. The maximum absolute atomic E-state index is 11.9. The SMILES string of the molecule is CCC[C@H](NC(=O)Oc1ccccc1)c1cccnc1. The number of carbonyl (C=O) groups is 1. The van der Waals surface area contributed by atoms with Gasteiger partial charge in [0, 0.05) is 12.4 Å². The highest BCUT2D eigenvalue weighted by Crippen LogP contribution is 2.18. The number of nitrogens with zero attached hydrogens (tertiary/aromatic N) is 1. The molecule has 0 aliphatic heterocycles. The van der Waals surface area contributed by atoms with Crippen LogP contribution in [0.5, 0.6) is 5.75 Å². The number of aromatic nitrogens is 1. The number of hydrogen-bond donors (Lipinski definition) is 1. The van der Waals surface area contributed by atoms with Gasteiger partial charge in [0.2, 0.25) is 0 Å². The Morgan fingerprint density at radius 2 is 2.05 bits per heavy atom. The third-order valence-electron chi connectivity index (χ3n) is 2.91. The summed E-state index contributed by atoms with van der Waals surface area (Å²) in [5.74, 6) is 0.534. The molecule has 0 aliphatic rings. The fourth-order valence-electron chi connectivity index (χ4n) is 1.96. The van der Waals surface area contributed by atoms with E-state index in [4.69, 9.17) is 4.74 Å². The number of amides is 1. The number of nitrogens with one attached hydrogen (secondary N) is 1. The van der Waals surface area contributed by atoms with Crippen molar-refractivity contribution in [2.24, 2.45) is 0 Å². The smallest absolute Gasteiger partial charge is 0.410 e. The number of rotatable bonds is 5. The van der Waals surface area contributed by atoms with Gasteiger partial charge in [-0.1, -0.05) is 37.6 Å². The van der Waals surface area contributed by atoms with Gasteiger partial charge in [-0.05, 0) is 30.2 Å². The number of para-hydroxylation sites is 1. The third-order valence-corrected chi connectivity index (χ3v) is 2.91. The second kappa shape index (κ2) is 7.28. The van der Waals surface area contributed by atoms with Gasteiger partial charge in [0.15, 0.2) is 0 Å². The molecule has 104 valence electrons. The summed E-state index contributed by atoms with van der Waals surface area (Å²) in [6.45, 7) is 2.08. The molecule has 1 amide bonds. The van der Waals surface area contributed by atoms with E-state index >= 15 is 0 Å². The predicted molar refractivity (Wildman–Crippen MR) is 77.5 cm³/mol. The molecule has 1 aromatic carbocycles. The number of ether oxygens (including phenoxy) is 1. The molecule has 0 radical (unpaired) electrons. The monoisotopic (exact) mass is 270 g/mol. The van der Waals surface area contributed by atoms with Gasteiger partial charge < -0.3 is 10.1 Å². The number of benzene rings is 1. The zero-order valence-corrected chi connectivity index (χ0v) is 11.5. The van der Waals surface area contributed by atoms with Crippen molar-refractivity contribution in [3.05, 3.63) is 60.4 Å². The van der Waals surface area contributed by atoms with Crippen LogP contribution in [-0.2, 0) is 0 Å². The molecule has 0 bridgehead atoms. The second-order valence-electron chi connectivity index (χ2n) is 4.47. The molecular formula is C16H18N2O2. The molecule has 2 aromatic rings. The summed E-state index contributed by atoms with van der Waals surface area (Å²) in [6, 6.07) is 12.8. The van der Waals surface area contributed by atoms with Crippen molar-refractivity contribution in [1.82, 2.24) is 10.3 Å². The maximum atomic E-state index is 11.9. The number of pyridine rings is 1. The van der Waals surface area contributed by atoms with Crippen LogP contribution in [0.4, 0.5) is 4.79 Å². The molecule has 4 heteroatoms. The molecular weight excluding hydrogens is 252 g/mol. The first-order chi connectivity index (χ1) is 9.79. The van der Waals surface area contributed by atoms with Crippen molar-refractivity contribution in [2.45, 2.75) is 25.8 Å². The van der Waals surface area contributed by atoms with Gasteiger partial charge in [0.1, 0.15) is 5.75 Å². The van der Waals surface area contributed by atoms with Crippen LogP contribution in [0.25, 0.3) is 0 Å². The first-order valence-electron chi connectivity index (χ1n) is 6.73. The Morgan fingerprint density at radius 3 is 2.70 bits per heavy atom. The standard InChI is InChI=1S/C16H18N2O2/c1-2-7-15(13-8-6-11-17-12-13)18-16(19)20-14-9-4-3-5-10-14/h3-6,8-12,15H,2,7H2,1H3,(H,18,19)/t15-/m0/s1. The molecule has 0 spiro atoms. The Kier molecular flexibility index (Phi) is 5.12. The van der Waals surface area contributed by atoms with Gasteiger partial charge in [-0.15, -0.1) is 0 Å². The molecule has 4 nitrogen and oxygen atoms in total. The normalized spacial score (nSPS) is 11.7. The van der Waals surface area contributed by atoms with Crippen molar-refractivity contribution < 1.29 is 9.53 Å². The minimum absolute atomic E-state index is 0.0788. The van der Waals surface area contributed by atoms with Crippen LogP contribution < -0.4 is 10.1 Å². The second-order valence-corrected chi connectivity index (χ2v) is 4.47. The van der Waals surface area contributed by atoms with Crippen molar-refractivity contribution in [1.29, 1.82) is 0 Å². The van der Waals surface area contributed by atoms with Crippen LogP contribution in [0.3, 0.4) is 0 Å². The highest BCUT2D eigenvalue weighted by atomic mass is 16.6. The third kappa shape index (κ3) is 4.09. The van der Waals surface area contributed by atoms with E-state index < -0.39 is 6.09 Å². The molecule has 0 aliphatic carbocycles. The molecule has 20 heavy (non-hydrogen) atoms. The summed E-state index contributed by atoms with van der Waals surface area (Å²) in [6.07, 6.45) is 4.84. The summed E-state index contributed by atoms with van der Waals surface area (Å²) < 4.78 is 5.24. The summed E-state index contributed by atoms with van der Waals surface area (Å²) in [5.41, 5.74) is 0.986. The van der Waals surface area contributed by atoms with Gasteiger partial charge in [0.05, 0.1) is 6.04 Å². The first-order valence-corrected chi connectivity index (χ1v) is 6.73. The van der Waals surface area contributed by atoms with Crippen LogP contribution in [0.15, 0.2) is 54.9 Å². The zero-order valence-electron chi connectivity index (χ0n) is 11.5. The van der Waals surface area contributed by atoms with Crippen molar-refractivity contribution >= 4 is 6.09 Å². The lowest BCUT2D eigenvalue weighted by Crippen LogP contribution is -2.31. The fraction of sp³-hybridized carbons (Fsp3) is 0.250. The van der Waals surface area contributed by atoms with E-state index in [9.17, 15) is 4.79 Å². The van der Waals surface area contributed by atoms with Gasteiger partial charge in [0.25, 0.3) is 0 Å². The van der Waals surface area contributed by atoms with Crippen LogP contribution in [0.1, 0.15) is 31.4 Å². The molecule has 2 rings (SSSR count). The number of carbonyl (C=O) groups excluding carboxylic acids is 1. The molecule has 0 saturated heterocycles. The Labute approximate surface area is 118 Å². The van der Waals surface area contributed by atoms with E-state index in [2.05, 4.69) is 17.2 Å². The zero-order chi connectivity index (χ0) is 14.2. The molecule has 0 saturated carbocycles. The molecule has 1 aromatic heterocycles. The molecule has 1 N–H and O–H groups in total. The topological polar surface area (TPSA) is 51.2 Å². The lowest BCUT2D eigenvalue weighted by molar-refractivity contribution is 0.195. The lowest BCUT2D eigenvalue weighted by atomic mass is 10.0. The average Bonchev–Trinajstić information content (AvgIpc) is 2.49. The molecule has 0 fully saturated rings. The van der Waals surface area contributed by atoms with Gasteiger partial charge in [-0.25, -0.2) is 4.79 Å². The summed E-state index contributed by atoms with van der Waals surface area (Å²) in [4.78, 5) is 16.0. The Balaban J connectivity index is 1.99. The lowest BCUT2D eigenvalue weighted by Gasteiger charge is -2.17. The fourth-order valence-corrected chi connectivity index (χ4v) is 1.96. The van der Waals surface area contributed by atoms with Crippen LogP contribution in [0.2, 0.25) is 0 Å². The highest BCUT2D eigenvalue weighted by Gasteiger charge is 2.15. The van der Waals surface area contributed by atoms with Gasteiger partial charge in [-0.3, -0.25) is 4.98 Å². The van der Waals surface area contributed by atoms with Crippen LogP contribution >= 0.6 is 0 Å². The maximum Gasteiger partial charge on any atom is 0.413 e. The van der Waals surface area contributed by atoms with Crippen LogP contribution in [0, 0.1) is 0 Å². The van der Waals surface area contributed by atoms with E-state index in [1.54, 1.807) is 24.5 Å². The molecule has 0 unspecified atom stereocenters. The summed E-state index contributed by atoms with van der Waals surface area (Å²) >= 11 is 0. The van der Waals surface area contributed by atoms with E-state index in [0.29, 0.717) is 5.75 Å². The quantitative estimate of drug-likeness (QED) is 0.901. The summed E-state index contributed by atoms with van der Waals surface area (Å²) in [7, 11) is 0. The van der Waals surface area contributed by atoms with E-state index in [0.717, 1.165) is 18.4 Å². The predicted octanol–water partition coefficient (Wildman–Crippen LogP) is 3.71. The minimum atomic E-state index is -0.446. The molecule has 1 atom stereocenters. The molecule has 1 heterocycles. The van der Waals surface area contributed by atoms with Crippen LogP contribution in [-0.4, -0.2) is 11.1 Å². The van der Waals surface area contributed by atoms with E-state index in [1.807, 2.05) is 30.3 Å². The Bertz CT molecular complexity index is 529. The largest absolute Gasteiger partial charge is 0.413 e. The number of hydrogen-bond acceptors (Lipinski definition) is 3. The van der Waals surface area contributed by atoms with Gasteiger partial charge >= 0.3 is 6.09 Å². The first kappa shape index (κ1) is 14.1.